The molecule has 0 amide bonds. The Hall–Kier alpha value is -2.08. The first-order chi connectivity index (χ1) is 12.9. The fraction of sp³-hybridized carbons (Fsp3) is 0.429. The molecule has 0 radical (unpaired) electrons. The van der Waals surface area contributed by atoms with E-state index in [4.69, 9.17) is 14.9 Å². The Morgan fingerprint density at radius 3 is 2.41 bits per heavy atom. The van der Waals surface area contributed by atoms with Gasteiger partial charge in [-0.25, -0.2) is 9.38 Å². The number of carbonyl (C=O) groups is 1. The second kappa shape index (κ2) is 12.3. The molecule has 1 N–H and O–H groups in total. The summed E-state index contributed by atoms with van der Waals surface area (Å²) in [5.74, 6) is 1.21. The summed E-state index contributed by atoms with van der Waals surface area (Å²) in [5.41, 5.74) is 3.54. The number of carboxylic acid groups (broad SMARTS) is 1. The van der Waals surface area contributed by atoms with Gasteiger partial charge in [-0.2, -0.15) is 0 Å². The van der Waals surface area contributed by atoms with Crippen molar-refractivity contribution in [2.24, 2.45) is 10.9 Å². The van der Waals surface area contributed by atoms with Crippen molar-refractivity contribution in [3.8, 4) is 0 Å². The maximum absolute atomic E-state index is 13.0. The fourth-order valence-electron chi connectivity index (χ4n) is 2.59. The minimum Gasteiger partial charge on any atom is -0.483 e. The van der Waals surface area contributed by atoms with Gasteiger partial charge < -0.3 is 10.0 Å². The predicted molar refractivity (Wildman–Crippen MR) is 112 cm³/mol. The SMILES string of the molecule is CC/C=C1/N=C(SCc2ccc(F)cc2)N(CC)C=C1CC(C)C.O=CO. The number of hydrogen-bond donors (Lipinski definition) is 1. The van der Waals surface area contributed by atoms with Crippen molar-refractivity contribution >= 4 is 23.4 Å². The minimum absolute atomic E-state index is 0.191. The summed E-state index contributed by atoms with van der Waals surface area (Å²) < 4.78 is 13.0. The third-order valence-corrected chi connectivity index (χ3v) is 4.81. The van der Waals surface area contributed by atoms with Crippen LogP contribution in [0.1, 0.15) is 46.1 Å². The van der Waals surface area contributed by atoms with E-state index in [2.05, 4.69) is 44.9 Å². The largest absolute Gasteiger partial charge is 0.483 e. The highest BCUT2D eigenvalue weighted by molar-refractivity contribution is 8.13. The molecule has 27 heavy (non-hydrogen) atoms. The molecule has 1 aromatic carbocycles. The van der Waals surface area contributed by atoms with Gasteiger partial charge in [0, 0.05) is 18.5 Å². The summed E-state index contributed by atoms with van der Waals surface area (Å²) in [4.78, 5) is 15.5. The van der Waals surface area contributed by atoms with Gasteiger partial charge in [-0.3, -0.25) is 4.79 Å². The van der Waals surface area contributed by atoms with Crippen LogP contribution in [0.5, 0.6) is 0 Å². The van der Waals surface area contributed by atoms with Crippen LogP contribution < -0.4 is 0 Å². The van der Waals surface area contributed by atoms with Crippen molar-refractivity contribution in [3.05, 3.63) is 59.2 Å². The van der Waals surface area contributed by atoms with Gasteiger partial charge in [0.05, 0.1) is 5.70 Å². The van der Waals surface area contributed by atoms with Gasteiger partial charge in [0.2, 0.25) is 0 Å². The second-order valence-corrected chi connectivity index (χ2v) is 7.39. The summed E-state index contributed by atoms with van der Waals surface area (Å²) in [6.07, 6.45) is 6.49. The van der Waals surface area contributed by atoms with Crippen LogP contribution in [0.15, 0.2) is 52.8 Å². The van der Waals surface area contributed by atoms with Gasteiger partial charge in [-0.05, 0) is 49.0 Å². The van der Waals surface area contributed by atoms with Crippen molar-refractivity contribution in [2.75, 3.05) is 6.54 Å². The number of allylic oxidation sites excluding steroid dienone is 2. The molecule has 1 aromatic rings. The monoisotopic (exact) mass is 392 g/mol. The third kappa shape index (κ3) is 7.99. The van der Waals surface area contributed by atoms with Crippen LogP contribution in [0.3, 0.4) is 0 Å². The number of amidine groups is 1. The number of hydrogen-bond acceptors (Lipinski definition) is 4. The summed E-state index contributed by atoms with van der Waals surface area (Å²) in [5, 5.41) is 7.91. The molecule has 0 atom stereocenters. The molecule has 0 aliphatic carbocycles. The van der Waals surface area contributed by atoms with Crippen molar-refractivity contribution in [3.63, 3.8) is 0 Å². The van der Waals surface area contributed by atoms with Gasteiger partial charge in [0.15, 0.2) is 5.17 Å². The normalized spacial score (nSPS) is 15.2. The molecule has 1 aliphatic heterocycles. The van der Waals surface area contributed by atoms with E-state index in [9.17, 15) is 4.39 Å². The molecule has 1 aliphatic rings. The minimum atomic E-state index is -0.250. The first kappa shape index (κ1) is 23.0. The molecule has 0 bridgehead atoms. The lowest BCUT2D eigenvalue weighted by Gasteiger charge is -2.27. The van der Waals surface area contributed by atoms with E-state index in [1.54, 1.807) is 11.8 Å². The number of rotatable bonds is 6. The highest BCUT2D eigenvalue weighted by Crippen LogP contribution is 2.29. The zero-order valence-electron chi connectivity index (χ0n) is 16.5. The maximum Gasteiger partial charge on any atom is 0.290 e. The standard InChI is InChI=1S/C20H27FN2S.CH2O2/c1-5-7-19-17(12-15(3)4)13-23(6-2)20(22-19)24-14-16-8-10-18(21)11-9-16;2-1-3/h7-11,13,15H,5-6,12,14H2,1-4H3;1H,(H,2,3)/b19-7+;. The van der Waals surface area contributed by atoms with Crippen molar-refractivity contribution in [2.45, 2.75) is 46.3 Å². The molecule has 0 saturated heterocycles. The lowest BCUT2D eigenvalue weighted by Crippen LogP contribution is -2.27. The number of halogens is 1. The topological polar surface area (TPSA) is 52.9 Å². The summed E-state index contributed by atoms with van der Waals surface area (Å²) in [7, 11) is 0. The number of thioether (sulfide) groups is 1. The van der Waals surface area contributed by atoms with E-state index in [1.165, 1.54) is 17.7 Å². The Bertz CT molecular complexity index is 682. The lowest BCUT2D eigenvalue weighted by molar-refractivity contribution is -0.122. The number of aliphatic imine (C=N–C) groups is 1. The van der Waals surface area contributed by atoms with Crippen molar-refractivity contribution < 1.29 is 14.3 Å². The van der Waals surface area contributed by atoms with Crippen molar-refractivity contribution in [1.29, 1.82) is 0 Å². The molecule has 0 fully saturated rings. The molecular formula is C21H29FN2O2S. The molecule has 2 rings (SSSR count). The van der Waals surface area contributed by atoms with Gasteiger partial charge in [-0.1, -0.05) is 50.7 Å². The van der Waals surface area contributed by atoms with Gasteiger partial charge in [0.25, 0.3) is 6.47 Å². The molecule has 4 nitrogen and oxygen atoms in total. The van der Waals surface area contributed by atoms with Crippen LogP contribution >= 0.6 is 11.8 Å². The Kier molecular flexibility index (Phi) is 10.5. The van der Waals surface area contributed by atoms with E-state index in [0.29, 0.717) is 5.92 Å². The molecule has 0 aromatic heterocycles. The Labute approximate surface area is 165 Å². The summed E-state index contributed by atoms with van der Waals surface area (Å²) >= 11 is 1.71. The molecule has 1 heterocycles. The zero-order valence-corrected chi connectivity index (χ0v) is 17.3. The van der Waals surface area contributed by atoms with E-state index < -0.39 is 0 Å². The Balaban J connectivity index is 0.00000114. The van der Waals surface area contributed by atoms with E-state index in [-0.39, 0.29) is 12.3 Å². The average molecular weight is 393 g/mol. The van der Waals surface area contributed by atoms with E-state index >= 15 is 0 Å². The fourth-order valence-corrected chi connectivity index (χ4v) is 3.58. The van der Waals surface area contributed by atoms with Crippen molar-refractivity contribution in [1.82, 2.24) is 4.90 Å². The van der Waals surface area contributed by atoms with Gasteiger partial charge in [-0.15, -0.1) is 0 Å². The van der Waals surface area contributed by atoms with Crippen LogP contribution in [0.4, 0.5) is 4.39 Å². The van der Waals surface area contributed by atoms with Crippen LogP contribution in [0.2, 0.25) is 0 Å². The first-order valence-corrected chi connectivity index (χ1v) is 10.1. The first-order valence-electron chi connectivity index (χ1n) is 9.16. The summed E-state index contributed by atoms with van der Waals surface area (Å²) in [6.45, 7) is 9.42. The highest BCUT2D eigenvalue weighted by Gasteiger charge is 2.19. The molecule has 148 valence electrons. The van der Waals surface area contributed by atoms with Crippen LogP contribution in [-0.4, -0.2) is 28.2 Å². The van der Waals surface area contributed by atoms with Gasteiger partial charge in [0.1, 0.15) is 5.82 Å². The Morgan fingerprint density at radius 1 is 1.26 bits per heavy atom. The smallest absolute Gasteiger partial charge is 0.290 e. The quantitative estimate of drug-likeness (QED) is 0.633. The van der Waals surface area contributed by atoms with E-state index in [1.807, 2.05) is 12.1 Å². The maximum atomic E-state index is 13.0. The van der Waals surface area contributed by atoms with Crippen LogP contribution in [-0.2, 0) is 10.5 Å². The molecule has 0 saturated carbocycles. The molecule has 6 heteroatoms. The molecule has 0 unspecified atom stereocenters. The van der Waals surface area contributed by atoms with Crippen LogP contribution in [0, 0.1) is 11.7 Å². The highest BCUT2D eigenvalue weighted by atomic mass is 32.2. The average Bonchev–Trinajstić information content (AvgIpc) is 2.63. The summed E-state index contributed by atoms with van der Waals surface area (Å²) in [6, 6.07) is 6.70. The second-order valence-electron chi connectivity index (χ2n) is 6.45. The number of benzene rings is 1. The van der Waals surface area contributed by atoms with Crippen LogP contribution in [0.25, 0.3) is 0 Å². The molecule has 0 spiro atoms. The Morgan fingerprint density at radius 2 is 1.89 bits per heavy atom. The molecular weight excluding hydrogens is 363 g/mol. The third-order valence-electron chi connectivity index (χ3n) is 3.75. The zero-order chi connectivity index (χ0) is 20.2. The lowest BCUT2D eigenvalue weighted by atomic mass is 10.00. The van der Waals surface area contributed by atoms with E-state index in [0.717, 1.165) is 41.6 Å². The predicted octanol–water partition coefficient (Wildman–Crippen LogP) is 5.68. The van der Waals surface area contributed by atoms with Gasteiger partial charge >= 0.3 is 0 Å². The number of nitrogens with zero attached hydrogens (tertiary/aromatic N) is 2.